The fraction of sp³-hybridized carbons (Fsp3) is 0.909. The lowest BCUT2D eigenvalue weighted by atomic mass is 10.1. The molecule has 3 atom stereocenters. The van der Waals surface area contributed by atoms with E-state index < -0.39 is 0 Å². The number of amidine groups is 1. The zero-order valence-corrected chi connectivity index (χ0v) is 11.0. The second kappa shape index (κ2) is 7.01. The molecule has 0 aromatic carbocycles. The van der Waals surface area contributed by atoms with Gasteiger partial charge in [-0.2, -0.15) is 11.8 Å². The summed E-state index contributed by atoms with van der Waals surface area (Å²) in [7, 11) is 0. The van der Waals surface area contributed by atoms with E-state index in [-0.39, 0.29) is 6.04 Å². The lowest BCUT2D eigenvalue weighted by Gasteiger charge is -2.19. The van der Waals surface area contributed by atoms with Crippen LogP contribution in [0.15, 0.2) is 5.16 Å². The van der Waals surface area contributed by atoms with Crippen molar-refractivity contribution in [2.24, 2.45) is 10.9 Å². The van der Waals surface area contributed by atoms with Crippen molar-refractivity contribution in [2.75, 3.05) is 5.75 Å². The van der Waals surface area contributed by atoms with E-state index in [4.69, 9.17) is 10.9 Å². The van der Waals surface area contributed by atoms with Gasteiger partial charge in [0.05, 0.1) is 0 Å². The Morgan fingerprint density at radius 3 is 3.00 bits per heavy atom. The molecule has 1 aliphatic rings. The molecular weight excluding hydrogens is 222 g/mol. The highest BCUT2D eigenvalue weighted by molar-refractivity contribution is 7.99. The van der Waals surface area contributed by atoms with Crippen LogP contribution in [0, 0.1) is 0 Å². The van der Waals surface area contributed by atoms with E-state index in [1.807, 2.05) is 0 Å². The van der Waals surface area contributed by atoms with Crippen LogP contribution in [-0.2, 0) is 0 Å². The molecule has 16 heavy (non-hydrogen) atoms. The monoisotopic (exact) mass is 245 g/mol. The maximum absolute atomic E-state index is 8.49. The molecule has 94 valence electrons. The number of rotatable bonds is 6. The summed E-state index contributed by atoms with van der Waals surface area (Å²) in [6, 6.07) is 0.886. The van der Waals surface area contributed by atoms with E-state index in [1.54, 1.807) is 0 Å². The number of nitrogens with one attached hydrogen (secondary N) is 1. The highest BCUT2D eigenvalue weighted by Gasteiger charge is 2.25. The Kier molecular flexibility index (Phi) is 5.98. The number of nitrogens with two attached hydrogens (primary N) is 1. The minimum Gasteiger partial charge on any atom is -0.409 e. The molecular formula is C11H23N3OS. The average molecular weight is 245 g/mol. The Labute approximate surface area is 102 Å². The summed E-state index contributed by atoms with van der Waals surface area (Å²) in [5, 5.41) is 15.9. The molecule has 0 radical (unpaired) electrons. The first-order valence-electron chi connectivity index (χ1n) is 5.99. The third-order valence-electron chi connectivity index (χ3n) is 2.95. The Bertz CT molecular complexity index is 235. The fourth-order valence-corrected chi connectivity index (χ4v) is 3.44. The van der Waals surface area contributed by atoms with Crippen LogP contribution in [0.2, 0.25) is 0 Å². The summed E-state index contributed by atoms with van der Waals surface area (Å²) in [5.41, 5.74) is 5.48. The average Bonchev–Trinajstić information content (AvgIpc) is 2.65. The van der Waals surface area contributed by atoms with E-state index in [9.17, 15) is 0 Å². The number of oxime groups is 1. The molecule has 1 saturated carbocycles. The number of hydrogen-bond acceptors (Lipinski definition) is 4. The number of hydrogen-bond donors (Lipinski definition) is 3. The minimum atomic E-state index is 0.284. The van der Waals surface area contributed by atoms with Crippen molar-refractivity contribution in [1.82, 2.24) is 5.32 Å². The summed E-state index contributed by atoms with van der Waals surface area (Å²) >= 11 is 2.06. The lowest BCUT2D eigenvalue weighted by Crippen LogP contribution is -2.37. The van der Waals surface area contributed by atoms with Crippen molar-refractivity contribution >= 4 is 17.6 Å². The number of nitrogens with zero attached hydrogens (tertiary/aromatic N) is 1. The molecule has 4 nitrogen and oxygen atoms in total. The Morgan fingerprint density at radius 1 is 1.62 bits per heavy atom. The molecule has 1 rings (SSSR count). The first-order chi connectivity index (χ1) is 7.65. The van der Waals surface area contributed by atoms with Crippen LogP contribution in [0.1, 0.15) is 39.5 Å². The summed E-state index contributed by atoms with van der Waals surface area (Å²) in [6.07, 6.45) is 4.42. The second-order valence-electron chi connectivity index (χ2n) is 4.45. The minimum absolute atomic E-state index is 0.284. The van der Waals surface area contributed by atoms with Gasteiger partial charge in [-0.3, -0.25) is 0 Å². The summed E-state index contributed by atoms with van der Waals surface area (Å²) in [4.78, 5) is 0. The van der Waals surface area contributed by atoms with Crippen LogP contribution in [0.3, 0.4) is 0 Å². The largest absolute Gasteiger partial charge is 0.409 e. The quantitative estimate of drug-likeness (QED) is 0.289. The van der Waals surface area contributed by atoms with Crippen molar-refractivity contribution < 1.29 is 5.21 Å². The molecule has 1 fully saturated rings. The Morgan fingerprint density at radius 2 is 2.38 bits per heavy atom. The smallest absolute Gasteiger partial charge is 0.140 e. The van der Waals surface area contributed by atoms with E-state index >= 15 is 0 Å². The van der Waals surface area contributed by atoms with E-state index in [2.05, 4.69) is 36.1 Å². The normalized spacial score (nSPS) is 28.2. The van der Waals surface area contributed by atoms with Crippen molar-refractivity contribution in [3.8, 4) is 0 Å². The third-order valence-corrected chi connectivity index (χ3v) is 4.18. The van der Waals surface area contributed by atoms with E-state index in [0.717, 1.165) is 5.25 Å². The predicted molar refractivity (Wildman–Crippen MR) is 70.2 cm³/mol. The summed E-state index contributed by atoms with van der Waals surface area (Å²) < 4.78 is 0. The molecule has 0 spiro atoms. The van der Waals surface area contributed by atoms with Gasteiger partial charge in [0.15, 0.2) is 0 Å². The summed E-state index contributed by atoms with van der Waals surface area (Å²) in [5.74, 6) is 1.51. The SMILES string of the molecule is CCSC1CCC(NC(C)CC(N)=NO)C1. The molecule has 0 bridgehead atoms. The molecule has 0 heterocycles. The number of thioether (sulfide) groups is 1. The zero-order valence-electron chi connectivity index (χ0n) is 10.1. The first-order valence-corrected chi connectivity index (χ1v) is 7.04. The highest BCUT2D eigenvalue weighted by Crippen LogP contribution is 2.29. The van der Waals surface area contributed by atoms with Gasteiger partial charge < -0.3 is 16.3 Å². The van der Waals surface area contributed by atoms with Gasteiger partial charge in [-0.05, 0) is 31.9 Å². The molecule has 0 amide bonds. The molecule has 0 aromatic rings. The van der Waals surface area contributed by atoms with Crippen molar-refractivity contribution in [3.05, 3.63) is 0 Å². The fourth-order valence-electron chi connectivity index (χ4n) is 2.29. The van der Waals surface area contributed by atoms with Gasteiger partial charge in [0.25, 0.3) is 0 Å². The maximum atomic E-state index is 8.49. The molecule has 5 heteroatoms. The Balaban J connectivity index is 2.23. The molecule has 1 aliphatic carbocycles. The third kappa shape index (κ3) is 4.61. The Hall–Kier alpha value is -0.420. The zero-order chi connectivity index (χ0) is 12.0. The summed E-state index contributed by atoms with van der Waals surface area (Å²) in [6.45, 7) is 4.30. The molecule has 4 N–H and O–H groups in total. The van der Waals surface area contributed by atoms with E-state index in [0.29, 0.717) is 18.3 Å². The molecule has 0 saturated heterocycles. The van der Waals surface area contributed by atoms with Gasteiger partial charge in [0.2, 0.25) is 0 Å². The van der Waals surface area contributed by atoms with Gasteiger partial charge in [0, 0.05) is 23.8 Å². The molecule has 0 aliphatic heterocycles. The van der Waals surface area contributed by atoms with Crippen molar-refractivity contribution in [2.45, 2.75) is 56.9 Å². The standard InChI is InChI=1S/C11H23N3OS/c1-3-16-10-5-4-9(7-10)13-8(2)6-11(12)14-15/h8-10,13,15H,3-7H2,1-2H3,(H2,12,14). The van der Waals surface area contributed by atoms with Crippen LogP contribution >= 0.6 is 11.8 Å². The molecule has 0 aromatic heterocycles. The van der Waals surface area contributed by atoms with Gasteiger partial charge in [-0.15, -0.1) is 0 Å². The van der Waals surface area contributed by atoms with Gasteiger partial charge in [-0.25, -0.2) is 0 Å². The maximum Gasteiger partial charge on any atom is 0.140 e. The molecule has 3 unspecified atom stereocenters. The van der Waals surface area contributed by atoms with Crippen molar-refractivity contribution in [3.63, 3.8) is 0 Å². The first kappa shape index (κ1) is 13.6. The van der Waals surface area contributed by atoms with Crippen LogP contribution in [0.4, 0.5) is 0 Å². The van der Waals surface area contributed by atoms with Crippen LogP contribution in [0.5, 0.6) is 0 Å². The lowest BCUT2D eigenvalue weighted by molar-refractivity contribution is 0.315. The van der Waals surface area contributed by atoms with Gasteiger partial charge >= 0.3 is 0 Å². The van der Waals surface area contributed by atoms with Gasteiger partial charge in [0.1, 0.15) is 5.84 Å². The highest BCUT2D eigenvalue weighted by atomic mass is 32.2. The van der Waals surface area contributed by atoms with Gasteiger partial charge in [-0.1, -0.05) is 12.1 Å². The topological polar surface area (TPSA) is 70.6 Å². The van der Waals surface area contributed by atoms with E-state index in [1.165, 1.54) is 25.0 Å². The van der Waals surface area contributed by atoms with Crippen LogP contribution in [-0.4, -0.2) is 34.1 Å². The van der Waals surface area contributed by atoms with Crippen molar-refractivity contribution in [1.29, 1.82) is 0 Å². The second-order valence-corrected chi connectivity index (χ2v) is 6.03. The predicted octanol–water partition coefficient (Wildman–Crippen LogP) is 1.78. The van der Waals surface area contributed by atoms with Crippen LogP contribution in [0.25, 0.3) is 0 Å². The van der Waals surface area contributed by atoms with Crippen LogP contribution < -0.4 is 11.1 Å².